The van der Waals surface area contributed by atoms with Crippen LogP contribution in [0.3, 0.4) is 0 Å². The molecule has 4 rings (SSSR count). The molecule has 1 atom stereocenters. The summed E-state index contributed by atoms with van der Waals surface area (Å²) in [5.74, 6) is 2.06. The Hall–Kier alpha value is -2.44. The fourth-order valence-electron chi connectivity index (χ4n) is 2.95. The van der Waals surface area contributed by atoms with Crippen LogP contribution in [0.2, 0.25) is 0 Å². The lowest BCUT2D eigenvalue weighted by Gasteiger charge is -2.23. The van der Waals surface area contributed by atoms with Gasteiger partial charge in [-0.1, -0.05) is 0 Å². The Morgan fingerprint density at radius 2 is 2.41 bits per heavy atom. The summed E-state index contributed by atoms with van der Waals surface area (Å²) in [6.45, 7) is 2.93. The molecule has 0 aliphatic carbocycles. The number of nitrogens with zero attached hydrogens (tertiary/aromatic N) is 4. The van der Waals surface area contributed by atoms with Crippen molar-refractivity contribution in [2.45, 2.75) is 32.4 Å². The fourth-order valence-corrected chi connectivity index (χ4v) is 2.95. The highest BCUT2D eigenvalue weighted by Gasteiger charge is 2.22. The Morgan fingerprint density at radius 3 is 3.32 bits per heavy atom. The topological polar surface area (TPSA) is 64.3 Å². The number of hydrogen-bond acceptors (Lipinski definition) is 4. The first-order chi connectivity index (χ1) is 10.7. The zero-order chi connectivity index (χ0) is 15.1. The van der Waals surface area contributed by atoms with Crippen LogP contribution in [0.15, 0.2) is 23.5 Å². The lowest BCUT2D eigenvalue weighted by Crippen LogP contribution is -2.44. The predicted octanol–water partition coefficient (Wildman–Crippen LogP) is 1.29. The van der Waals surface area contributed by atoms with E-state index in [1.807, 2.05) is 4.57 Å². The van der Waals surface area contributed by atoms with Gasteiger partial charge in [0, 0.05) is 30.0 Å². The van der Waals surface area contributed by atoms with E-state index in [9.17, 15) is 4.39 Å². The summed E-state index contributed by atoms with van der Waals surface area (Å²) in [6.07, 6.45) is 3.15. The summed E-state index contributed by atoms with van der Waals surface area (Å²) in [6, 6.07) is 3.36. The number of benzene rings is 1. The first kappa shape index (κ1) is 13.2. The third-order valence-electron chi connectivity index (χ3n) is 4.04. The monoisotopic (exact) mass is 301 g/mol. The van der Waals surface area contributed by atoms with E-state index in [4.69, 9.17) is 4.74 Å². The van der Waals surface area contributed by atoms with Crippen LogP contribution in [0.25, 0.3) is 0 Å². The van der Waals surface area contributed by atoms with Crippen LogP contribution >= 0.6 is 0 Å². The molecule has 7 heteroatoms. The normalized spacial score (nSPS) is 21.2. The second-order valence-corrected chi connectivity index (χ2v) is 5.61. The first-order valence-corrected chi connectivity index (χ1v) is 7.35. The lowest BCUT2D eigenvalue weighted by molar-refractivity contribution is 0.356. The Kier molecular flexibility index (Phi) is 3.06. The standard InChI is InChI=1S/C15H16FN5O/c1-9-6-14-20-18-8-21(14)15(19-9)17-7-11-10-4-5-22-13(10)3-2-12(11)16/h2-3,8-9H,4-7H2,1H3,(H,17,19). The van der Waals surface area contributed by atoms with E-state index in [1.54, 1.807) is 12.4 Å². The molecule has 0 amide bonds. The molecule has 0 fully saturated rings. The van der Waals surface area contributed by atoms with Crippen molar-refractivity contribution in [2.24, 2.45) is 4.99 Å². The van der Waals surface area contributed by atoms with Gasteiger partial charge in [0.05, 0.1) is 13.2 Å². The molecule has 114 valence electrons. The molecular weight excluding hydrogens is 285 g/mol. The summed E-state index contributed by atoms with van der Waals surface area (Å²) in [4.78, 5) is 4.55. The minimum absolute atomic E-state index is 0.227. The third kappa shape index (κ3) is 2.13. The van der Waals surface area contributed by atoms with Gasteiger partial charge in [-0.25, -0.2) is 9.38 Å². The van der Waals surface area contributed by atoms with E-state index in [2.05, 4.69) is 27.4 Å². The summed E-state index contributed by atoms with van der Waals surface area (Å²) in [5, 5.41) is 11.3. The van der Waals surface area contributed by atoms with Crippen LogP contribution in [0.1, 0.15) is 23.9 Å². The van der Waals surface area contributed by atoms with Crippen LogP contribution in [0.5, 0.6) is 5.75 Å². The van der Waals surface area contributed by atoms with Gasteiger partial charge in [-0.3, -0.25) is 4.57 Å². The van der Waals surface area contributed by atoms with Crippen molar-refractivity contribution in [3.05, 3.63) is 41.2 Å². The number of hydrogen-bond donors (Lipinski definition) is 1. The molecule has 1 unspecified atom stereocenters. The van der Waals surface area contributed by atoms with Gasteiger partial charge in [-0.05, 0) is 19.1 Å². The van der Waals surface area contributed by atoms with E-state index in [-0.39, 0.29) is 18.4 Å². The number of ether oxygens (including phenoxy) is 1. The molecule has 0 bridgehead atoms. The molecule has 0 spiro atoms. The van der Waals surface area contributed by atoms with E-state index in [1.165, 1.54) is 6.07 Å². The highest BCUT2D eigenvalue weighted by atomic mass is 19.1. The fraction of sp³-hybridized carbons (Fsp3) is 0.400. The number of halogens is 1. The highest BCUT2D eigenvalue weighted by molar-refractivity contribution is 5.83. The van der Waals surface area contributed by atoms with E-state index in [0.717, 1.165) is 30.0 Å². The third-order valence-corrected chi connectivity index (χ3v) is 4.04. The van der Waals surface area contributed by atoms with Crippen molar-refractivity contribution in [1.29, 1.82) is 0 Å². The quantitative estimate of drug-likeness (QED) is 0.908. The van der Waals surface area contributed by atoms with Gasteiger partial charge >= 0.3 is 0 Å². The molecule has 1 aromatic heterocycles. The Bertz CT molecular complexity index is 754. The number of aromatic nitrogens is 3. The van der Waals surface area contributed by atoms with Crippen LogP contribution in [0.4, 0.5) is 4.39 Å². The van der Waals surface area contributed by atoms with Gasteiger partial charge in [-0.2, -0.15) is 0 Å². The molecule has 1 N–H and O–H groups in total. The molecular formula is C15H16FN5O. The highest BCUT2D eigenvalue weighted by Crippen LogP contribution is 2.30. The molecule has 0 saturated carbocycles. The number of aliphatic imine (C=N–C) groups is 1. The molecule has 3 heterocycles. The van der Waals surface area contributed by atoms with Crippen LogP contribution < -0.4 is 10.1 Å². The summed E-state index contributed by atoms with van der Waals surface area (Å²) < 4.78 is 21.4. The van der Waals surface area contributed by atoms with Crippen LogP contribution in [0, 0.1) is 5.82 Å². The molecule has 2 aliphatic rings. The molecule has 6 nitrogen and oxygen atoms in total. The van der Waals surface area contributed by atoms with Crippen molar-refractivity contribution in [3.8, 4) is 5.75 Å². The van der Waals surface area contributed by atoms with E-state index < -0.39 is 0 Å². The molecule has 0 saturated heterocycles. The number of nitrogens with one attached hydrogen (secondary N) is 1. The smallest absolute Gasteiger partial charge is 0.205 e. The summed E-state index contributed by atoms with van der Waals surface area (Å²) >= 11 is 0. The molecule has 2 aliphatic heterocycles. The van der Waals surface area contributed by atoms with Crippen molar-refractivity contribution in [2.75, 3.05) is 6.61 Å². The molecule has 0 radical (unpaired) electrons. The van der Waals surface area contributed by atoms with Crippen molar-refractivity contribution in [1.82, 2.24) is 20.1 Å². The maximum atomic E-state index is 14.1. The average molecular weight is 301 g/mol. The predicted molar refractivity (Wildman–Crippen MR) is 78.5 cm³/mol. The van der Waals surface area contributed by atoms with Crippen molar-refractivity contribution >= 4 is 5.96 Å². The van der Waals surface area contributed by atoms with Crippen LogP contribution in [-0.2, 0) is 19.4 Å². The Labute approximate surface area is 127 Å². The van der Waals surface area contributed by atoms with Gasteiger partial charge in [0.1, 0.15) is 23.7 Å². The lowest BCUT2D eigenvalue weighted by atomic mass is 10.0. The summed E-state index contributed by atoms with van der Waals surface area (Å²) in [5.41, 5.74) is 1.54. The number of fused-ring (bicyclic) bond motifs is 2. The van der Waals surface area contributed by atoms with Crippen LogP contribution in [-0.4, -0.2) is 33.4 Å². The van der Waals surface area contributed by atoms with Gasteiger partial charge in [0.2, 0.25) is 5.96 Å². The van der Waals surface area contributed by atoms with Gasteiger partial charge in [-0.15, -0.1) is 10.2 Å². The molecule has 2 aromatic rings. The number of rotatable bonds is 2. The van der Waals surface area contributed by atoms with E-state index >= 15 is 0 Å². The Morgan fingerprint density at radius 1 is 1.50 bits per heavy atom. The minimum Gasteiger partial charge on any atom is -0.493 e. The zero-order valence-electron chi connectivity index (χ0n) is 12.2. The maximum absolute atomic E-state index is 14.1. The zero-order valence-corrected chi connectivity index (χ0v) is 12.2. The second kappa shape index (κ2) is 5.08. The molecule has 22 heavy (non-hydrogen) atoms. The Balaban J connectivity index is 1.68. The largest absolute Gasteiger partial charge is 0.493 e. The minimum atomic E-state index is -0.235. The van der Waals surface area contributed by atoms with Crippen molar-refractivity contribution in [3.63, 3.8) is 0 Å². The average Bonchev–Trinajstić information content (AvgIpc) is 3.14. The SMILES string of the molecule is CC1Cc2nncn2C(=NCc2c(F)ccc3c2CCO3)N1. The second-order valence-electron chi connectivity index (χ2n) is 5.61. The van der Waals surface area contributed by atoms with Gasteiger partial charge in [0.15, 0.2) is 0 Å². The molecule has 1 aromatic carbocycles. The summed E-state index contributed by atoms with van der Waals surface area (Å²) in [7, 11) is 0. The maximum Gasteiger partial charge on any atom is 0.205 e. The van der Waals surface area contributed by atoms with Crippen molar-refractivity contribution < 1.29 is 9.13 Å². The van der Waals surface area contributed by atoms with Gasteiger partial charge in [0.25, 0.3) is 0 Å². The van der Waals surface area contributed by atoms with Gasteiger partial charge < -0.3 is 10.1 Å². The van der Waals surface area contributed by atoms with E-state index in [0.29, 0.717) is 18.1 Å². The first-order valence-electron chi connectivity index (χ1n) is 7.35.